The van der Waals surface area contributed by atoms with Gasteiger partial charge in [0.15, 0.2) is 0 Å². The van der Waals surface area contributed by atoms with Gasteiger partial charge in [0.2, 0.25) is 0 Å². The van der Waals surface area contributed by atoms with Crippen LogP contribution >= 0.6 is 0 Å². The Bertz CT molecular complexity index is 524. The molecule has 1 aromatic rings. The minimum Gasteiger partial charge on any atom is -0.289 e. The second kappa shape index (κ2) is 7.21. The monoisotopic (exact) mass is 309 g/mol. The fourth-order valence-electron chi connectivity index (χ4n) is 5.14. The lowest BCUT2D eigenvalue weighted by atomic mass is 9.78. The smallest absolute Gasteiger partial charge is 0.0287 e. The van der Waals surface area contributed by atoms with Crippen molar-refractivity contribution in [2.45, 2.75) is 82.8 Å². The topological polar surface area (TPSA) is 3.24 Å². The van der Waals surface area contributed by atoms with E-state index in [0.29, 0.717) is 6.04 Å². The van der Waals surface area contributed by atoms with Crippen molar-refractivity contribution in [2.75, 3.05) is 0 Å². The zero-order valence-electron chi connectivity index (χ0n) is 14.4. The molecular weight excluding hydrogens is 278 g/mol. The lowest BCUT2D eigenvalue weighted by Crippen LogP contribution is -2.48. The summed E-state index contributed by atoms with van der Waals surface area (Å²) >= 11 is 0. The fraction of sp³-hybridized carbons (Fsp3) is 0.636. The van der Waals surface area contributed by atoms with E-state index in [1.165, 1.54) is 69.8 Å². The van der Waals surface area contributed by atoms with E-state index < -0.39 is 0 Å². The van der Waals surface area contributed by atoms with Crippen LogP contribution in [0.25, 0.3) is 0 Å². The number of nitrogens with zero attached hydrogens (tertiary/aromatic N) is 1. The lowest BCUT2D eigenvalue weighted by molar-refractivity contribution is 0.0849. The van der Waals surface area contributed by atoms with Crippen LogP contribution in [0, 0.1) is 5.92 Å². The highest BCUT2D eigenvalue weighted by molar-refractivity contribution is 5.21. The molecule has 23 heavy (non-hydrogen) atoms. The van der Waals surface area contributed by atoms with Crippen molar-refractivity contribution in [3.8, 4) is 0 Å². The van der Waals surface area contributed by atoms with Gasteiger partial charge >= 0.3 is 0 Å². The second-order valence-electron chi connectivity index (χ2n) is 7.94. The summed E-state index contributed by atoms with van der Waals surface area (Å²) in [7, 11) is 0. The van der Waals surface area contributed by atoms with Gasteiger partial charge in [-0.15, -0.1) is 0 Å². The predicted molar refractivity (Wildman–Crippen MR) is 97.3 cm³/mol. The molecule has 1 aromatic carbocycles. The summed E-state index contributed by atoms with van der Waals surface area (Å²) in [4.78, 5) is 2.80. The Balaban J connectivity index is 1.51. The number of hydrogen-bond acceptors (Lipinski definition) is 1. The number of benzene rings is 1. The molecule has 4 rings (SSSR count). The van der Waals surface area contributed by atoms with Gasteiger partial charge in [0.25, 0.3) is 0 Å². The zero-order valence-corrected chi connectivity index (χ0v) is 14.4. The van der Waals surface area contributed by atoms with Gasteiger partial charge < -0.3 is 0 Å². The Kier molecular flexibility index (Phi) is 4.85. The van der Waals surface area contributed by atoms with E-state index in [2.05, 4.69) is 41.3 Å². The van der Waals surface area contributed by atoms with Crippen molar-refractivity contribution in [3.63, 3.8) is 0 Å². The van der Waals surface area contributed by atoms with Crippen LogP contribution in [0.3, 0.4) is 0 Å². The van der Waals surface area contributed by atoms with Crippen molar-refractivity contribution in [1.29, 1.82) is 0 Å². The van der Waals surface area contributed by atoms with E-state index in [1.54, 1.807) is 0 Å². The first-order valence-corrected chi connectivity index (χ1v) is 9.90. The summed E-state index contributed by atoms with van der Waals surface area (Å²) in [6, 6.07) is 12.6. The van der Waals surface area contributed by atoms with E-state index in [9.17, 15) is 0 Å². The first-order chi connectivity index (χ1) is 11.4. The quantitative estimate of drug-likeness (QED) is 0.510. The molecule has 1 saturated carbocycles. The Morgan fingerprint density at radius 1 is 0.826 bits per heavy atom. The minimum absolute atomic E-state index is 0.709. The Hall–Kier alpha value is -1.08. The fourth-order valence-corrected chi connectivity index (χ4v) is 5.14. The standard InChI is InChI=1S/C22H31N/c1-2-7-12-19(11-6-1)20-15-21-13-8-14-22(16-20)23(21)17-18-9-4-3-5-10-18/h3-5,9-10,15,19,21-22H,1-2,6-8,11-14,16-17H2. The van der Waals surface area contributed by atoms with E-state index in [0.717, 1.165) is 18.5 Å². The van der Waals surface area contributed by atoms with Gasteiger partial charge in [-0.2, -0.15) is 0 Å². The SMILES string of the molecule is C1=C(C2CCCCCC2)CC2CCCC1N2Cc1ccccc1. The molecule has 1 heteroatoms. The molecule has 124 valence electrons. The molecule has 2 unspecified atom stereocenters. The van der Waals surface area contributed by atoms with Gasteiger partial charge in [0.1, 0.15) is 0 Å². The summed E-state index contributed by atoms with van der Waals surface area (Å²) in [6.07, 6.45) is 17.1. The Morgan fingerprint density at radius 3 is 2.35 bits per heavy atom. The van der Waals surface area contributed by atoms with Crippen LogP contribution in [0.2, 0.25) is 0 Å². The van der Waals surface area contributed by atoms with Crippen LogP contribution in [-0.2, 0) is 6.54 Å². The number of rotatable bonds is 3. The molecule has 0 aromatic heterocycles. The molecule has 2 aliphatic heterocycles. The van der Waals surface area contributed by atoms with Gasteiger partial charge in [-0.3, -0.25) is 4.90 Å². The van der Waals surface area contributed by atoms with E-state index in [-0.39, 0.29) is 0 Å². The first kappa shape index (κ1) is 15.4. The van der Waals surface area contributed by atoms with E-state index >= 15 is 0 Å². The lowest BCUT2D eigenvalue weighted by Gasteiger charge is -2.46. The summed E-state index contributed by atoms with van der Waals surface area (Å²) < 4.78 is 0. The van der Waals surface area contributed by atoms with Gasteiger partial charge in [-0.25, -0.2) is 0 Å². The van der Waals surface area contributed by atoms with E-state index in [4.69, 9.17) is 0 Å². The average Bonchev–Trinajstić information content (AvgIpc) is 2.85. The van der Waals surface area contributed by atoms with Crippen LogP contribution in [-0.4, -0.2) is 17.0 Å². The van der Waals surface area contributed by atoms with Crippen molar-refractivity contribution in [3.05, 3.63) is 47.5 Å². The Labute approximate surface area is 141 Å². The van der Waals surface area contributed by atoms with Gasteiger partial charge in [-0.1, -0.05) is 74.1 Å². The van der Waals surface area contributed by atoms with Crippen LogP contribution in [0.5, 0.6) is 0 Å². The number of piperidine rings is 1. The molecule has 0 N–H and O–H groups in total. The van der Waals surface area contributed by atoms with Crippen molar-refractivity contribution < 1.29 is 0 Å². The highest BCUT2D eigenvalue weighted by Crippen LogP contribution is 2.40. The normalized spacial score (nSPS) is 29.8. The highest BCUT2D eigenvalue weighted by Gasteiger charge is 2.35. The minimum atomic E-state index is 0.709. The summed E-state index contributed by atoms with van der Waals surface area (Å²) in [5.74, 6) is 0.916. The molecule has 2 fully saturated rings. The van der Waals surface area contributed by atoms with Gasteiger partial charge in [0.05, 0.1) is 0 Å². The first-order valence-electron chi connectivity index (χ1n) is 9.90. The van der Waals surface area contributed by atoms with Crippen molar-refractivity contribution >= 4 is 0 Å². The van der Waals surface area contributed by atoms with Crippen LogP contribution in [0.4, 0.5) is 0 Å². The molecule has 0 amide bonds. The summed E-state index contributed by atoms with van der Waals surface area (Å²) in [5, 5.41) is 0. The van der Waals surface area contributed by atoms with Crippen LogP contribution < -0.4 is 0 Å². The molecule has 2 bridgehead atoms. The highest BCUT2D eigenvalue weighted by atomic mass is 15.2. The maximum absolute atomic E-state index is 2.80. The Morgan fingerprint density at radius 2 is 1.61 bits per heavy atom. The maximum Gasteiger partial charge on any atom is 0.0287 e. The molecule has 2 heterocycles. The zero-order chi connectivity index (χ0) is 15.5. The maximum atomic E-state index is 2.80. The van der Waals surface area contributed by atoms with E-state index in [1.807, 2.05) is 5.57 Å². The van der Waals surface area contributed by atoms with Gasteiger partial charge in [-0.05, 0) is 43.6 Å². The molecule has 0 spiro atoms. The molecule has 1 saturated heterocycles. The molecule has 3 aliphatic rings. The molecule has 0 radical (unpaired) electrons. The largest absolute Gasteiger partial charge is 0.289 e. The van der Waals surface area contributed by atoms with Crippen LogP contribution in [0.15, 0.2) is 42.0 Å². The molecule has 1 nitrogen and oxygen atoms in total. The van der Waals surface area contributed by atoms with Crippen molar-refractivity contribution in [2.24, 2.45) is 5.92 Å². The third-order valence-electron chi connectivity index (χ3n) is 6.40. The number of fused-ring (bicyclic) bond motifs is 2. The molecule has 1 aliphatic carbocycles. The number of hydrogen-bond donors (Lipinski definition) is 0. The third-order valence-corrected chi connectivity index (χ3v) is 6.40. The molecule has 2 atom stereocenters. The summed E-state index contributed by atoms with van der Waals surface area (Å²) in [6.45, 7) is 1.14. The van der Waals surface area contributed by atoms with Crippen LogP contribution in [0.1, 0.15) is 69.8 Å². The van der Waals surface area contributed by atoms with Gasteiger partial charge in [0, 0.05) is 18.6 Å². The third kappa shape index (κ3) is 3.55. The molecular formula is C22H31N. The predicted octanol–water partition coefficient (Wildman–Crippen LogP) is 5.71. The average molecular weight is 309 g/mol. The van der Waals surface area contributed by atoms with Crippen molar-refractivity contribution in [1.82, 2.24) is 4.90 Å². The summed E-state index contributed by atoms with van der Waals surface area (Å²) in [5.41, 5.74) is 3.32. The second-order valence-corrected chi connectivity index (χ2v) is 7.94.